The highest BCUT2D eigenvalue weighted by atomic mass is 16.5. The first-order valence-electron chi connectivity index (χ1n) is 5.69. The van der Waals surface area contributed by atoms with Crippen molar-refractivity contribution in [3.63, 3.8) is 0 Å². The zero-order chi connectivity index (χ0) is 13.4. The van der Waals surface area contributed by atoms with E-state index in [0.717, 1.165) is 24.3 Å². The van der Waals surface area contributed by atoms with Crippen molar-refractivity contribution in [2.45, 2.75) is 13.0 Å². The molecule has 0 saturated heterocycles. The Balaban J connectivity index is 2.82. The van der Waals surface area contributed by atoms with Crippen LogP contribution in [0.25, 0.3) is 0 Å². The number of nitrogens with zero attached hydrogens (tertiary/aromatic N) is 1. The number of methoxy groups -OCH3 is 1. The molecule has 1 aromatic rings. The molecule has 0 radical (unpaired) electrons. The van der Waals surface area contributed by atoms with Gasteiger partial charge >= 0.3 is 0 Å². The van der Waals surface area contributed by atoms with Crippen LogP contribution in [0.2, 0.25) is 0 Å². The molecular weight excluding hydrogens is 230 g/mol. The van der Waals surface area contributed by atoms with Crippen LogP contribution in [0, 0.1) is 0 Å². The van der Waals surface area contributed by atoms with Crippen LogP contribution in [0.15, 0.2) is 36.0 Å². The Labute approximate surface area is 107 Å². The molecule has 0 amide bonds. The number of nitrogens with two attached hydrogens (primary N) is 1. The highest BCUT2D eigenvalue weighted by Crippen LogP contribution is 2.19. The summed E-state index contributed by atoms with van der Waals surface area (Å²) in [5.41, 5.74) is 7.19. The fourth-order valence-electron chi connectivity index (χ4n) is 1.56. The molecule has 18 heavy (non-hydrogen) atoms. The summed E-state index contributed by atoms with van der Waals surface area (Å²) in [5.74, 6) is 0.862. The SMILES string of the molecule is C=CCCNCc1cc(/C(N)=N/O)ccc1OC. The Bertz CT molecular complexity index is 430. The molecule has 5 heteroatoms. The normalized spacial score (nSPS) is 11.3. The number of benzene rings is 1. The fraction of sp³-hybridized carbons (Fsp3) is 0.308. The maximum atomic E-state index is 8.66. The number of rotatable bonds is 7. The minimum Gasteiger partial charge on any atom is -0.496 e. The van der Waals surface area contributed by atoms with Crippen molar-refractivity contribution in [1.29, 1.82) is 0 Å². The van der Waals surface area contributed by atoms with Crippen LogP contribution in [0.3, 0.4) is 0 Å². The van der Waals surface area contributed by atoms with Gasteiger partial charge in [0.1, 0.15) is 5.75 Å². The van der Waals surface area contributed by atoms with Crippen LogP contribution in [-0.4, -0.2) is 24.7 Å². The molecule has 0 aliphatic carbocycles. The predicted molar refractivity (Wildman–Crippen MR) is 72.0 cm³/mol. The van der Waals surface area contributed by atoms with Crippen LogP contribution in [-0.2, 0) is 6.54 Å². The maximum Gasteiger partial charge on any atom is 0.170 e. The van der Waals surface area contributed by atoms with Gasteiger partial charge in [0.15, 0.2) is 5.84 Å². The van der Waals surface area contributed by atoms with Crippen molar-refractivity contribution < 1.29 is 9.94 Å². The summed E-state index contributed by atoms with van der Waals surface area (Å²) in [6, 6.07) is 5.40. The first kappa shape index (κ1) is 14.1. The lowest BCUT2D eigenvalue weighted by Crippen LogP contribution is -2.17. The second kappa shape index (κ2) is 7.34. The van der Waals surface area contributed by atoms with E-state index in [4.69, 9.17) is 15.7 Å². The third-order valence-corrected chi connectivity index (χ3v) is 2.52. The molecule has 0 saturated carbocycles. The lowest BCUT2D eigenvalue weighted by Gasteiger charge is -2.11. The van der Waals surface area contributed by atoms with E-state index in [0.29, 0.717) is 12.1 Å². The molecule has 98 valence electrons. The minimum atomic E-state index is 0.0880. The Morgan fingerprint density at radius 2 is 2.39 bits per heavy atom. The molecule has 0 atom stereocenters. The van der Waals surface area contributed by atoms with Gasteiger partial charge in [0, 0.05) is 17.7 Å². The molecule has 0 heterocycles. The average Bonchev–Trinajstić information content (AvgIpc) is 2.42. The number of ether oxygens (including phenoxy) is 1. The molecule has 0 spiro atoms. The zero-order valence-corrected chi connectivity index (χ0v) is 10.5. The summed E-state index contributed by atoms with van der Waals surface area (Å²) in [7, 11) is 1.62. The van der Waals surface area contributed by atoms with Gasteiger partial charge in [0.25, 0.3) is 0 Å². The Hall–Kier alpha value is -2.01. The van der Waals surface area contributed by atoms with Crippen molar-refractivity contribution in [3.05, 3.63) is 42.0 Å². The van der Waals surface area contributed by atoms with Crippen LogP contribution in [0.4, 0.5) is 0 Å². The Morgan fingerprint density at radius 3 is 3.00 bits per heavy atom. The molecule has 1 aromatic carbocycles. The van der Waals surface area contributed by atoms with Crippen LogP contribution in [0.5, 0.6) is 5.75 Å². The molecular formula is C13H19N3O2. The highest BCUT2D eigenvalue weighted by molar-refractivity contribution is 5.97. The Kier molecular flexibility index (Phi) is 5.73. The Morgan fingerprint density at radius 1 is 1.61 bits per heavy atom. The van der Waals surface area contributed by atoms with Gasteiger partial charge in [-0.1, -0.05) is 11.2 Å². The van der Waals surface area contributed by atoms with Crippen LogP contribution in [0.1, 0.15) is 17.5 Å². The van der Waals surface area contributed by atoms with E-state index in [2.05, 4.69) is 17.1 Å². The van der Waals surface area contributed by atoms with Crippen molar-refractivity contribution >= 4 is 5.84 Å². The summed E-state index contributed by atoms with van der Waals surface area (Å²) in [5, 5.41) is 14.9. The second-order valence-electron chi connectivity index (χ2n) is 3.77. The number of amidine groups is 1. The summed E-state index contributed by atoms with van der Waals surface area (Å²) in [6.45, 7) is 5.17. The van der Waals surface area contributed by atoms with Gasteiger partial charge in [0.05, 0.1) is 7.11 Å². The smallest absolute Gasteiger partial charge is 0.170 e. The number of oxime groups is 1. The molecule has 0 fully saturated rings. The molecule has 0 bridgehead atoms. The number of hydrogen-bond acceptors (Lipinski definition) is 4. The van der Waals surface area contributed by atoms with Crippen molar-refractivity contribution in [2.75, 3.05) is 13.7 Å². The number of nitrogens with one attached hydrogen (secondary N) is 1. The topological polar surface area (TPSA) is 79.9 Å². The molecule has 1 rings (SSSR count). The summed E-state index contributed by atoms with van der Waals surface area (Å²) in [6.07, 6.45) is 2.76. The molecule has 4 N–H and O–H groups in total. The van der Waals surface area contributed by atoms with E-state index >= 15 is 0 Å². The van der Waals surface area contributed by atoms with E-state index in [1.54, 1.807) is 19.2 Å². The summed E-state index contributed by atoms with van der Waals surface area (Å²) in [4.78, 5) is 0. The monoisotopic (exact) mass is 249 g/mol. The first-order chi connectivity index (χ1) is 8.72. The van der Waals surface area contributed by atoms with E-state index in [9.17, 15) is 0 Å². The van der Waals surface area contributed by atoms with Gasteiger partial charge < -0.3 is 21.0 Å². The van der Waals surface area contributed by atoms with Crippen molar-refractivity contribution in [2.24, 2.45) is 10.9 Å². The molecule has 0 aliphatic rings. The van der Waals surface area contributed by atoms with E-state index in [1.807, 2.05) is 12.1 Å². The lowest BCUT2D eigenvalue weighted by molar-refractivity contribution is 0.318. The van der Waals surface area contributed by atoms with E-state index < -0.39 is 0 Å². The van der Waals surface area contributed by atoms with Gasteiger partial charge in [-0.15, -0.1) is 6.58 Å². The van der Waals surface area contributed by atoms with Crippen molar-refractivity contribution in [3.8, 4) is 5.75 Å². The van der Waals surface area contributed by atoms with Gasteiger partial charge in [-0.05, 0) is 31.2 Å². The van der Waals surface area contributed by atoms with Gasteiger partial charge in [-0.3, -0.25) is 0 Å². The van der Waals surface area contributed by atoms with Gasteiger partial charge in [-0.25, -0.2) is 0 Å². The maximum absolute atomic E-state index is 8.66. The van der Waals surface area contributed by atoms with Crippen molar-refractivity contribution in [1.82, 2.24) is 5.32 Å². The molecule has 0 aliphatic heterocycles. The van der Waals surface area contributed by atoms with Crippen LogP contribution < -0.4 is 15.8 Å². The molecule has 5 nitrogen and oxygen atoms in total. The average molecular weight is 249 g/mol. The largest absolute Gasteiger partial charge is 0.496 e. The standard InChI is InChI=1S/C13H19N3O2/c1-3-4-7-15-9-11-8-10(13(14)16-17)5-6-12(11)18-2/h3,5-6,8,15,17H,1,4,7,9H2,2H3,(H2,14,16). The van der Waals surface area contributed by atoms with Gasteiger partial charge in [-0.2, -0.15) is 0 Å². The molecule has 0 unspecified atom stereocenters. The first-order valence-corrected chi connectivity index (χ1v) is 5.69. The third-order valence-electron chi connectivity index (χ3n) is 2.52. The second-order valence-corrected chi connectivity index (χ2v) is 3.77. The number of hydrogen-bond donors (Lipinski definition) is 3. The zero-order valence-electron chi connectivity index (χ0n) is 10.5. The van der Waals surface area contributed by atoms with Crippen LogP contribution >= 0.6 is 0 Å². The quantitative estimate of drug-likeness (QED) is 0.171. The summed E-state index contributed by atoms with van der Waals surface area (Å²) < 4.78 is 5.27. The minimum absolute atomic E-state index is 0.0880. The van der Waals surface area contributed by atoms with E-state index in [-0.39, 0.29) is 5.84 Å². The third kappa shape index (κ3) is 3.78. The fourth-order valence-corrected chi connectivity index (χ4v) is 1.56. The van der Waals surface area contributed by atoms with Gasteiger partial charge in [0.2, 0.25) is 0 Å². The summed E-state index contributed by atoms with van der Waals surface area (Å²) >= 11 is 0. The predicted octanol–water partition coefficient (Wildman–Crippen LogP) is 1.46. The highest BCUT2D eigenvalue weighted by Gasteiger charge is 2.06. The lowest BCUT2D eigenvalue weighted by atomic mass is 10.1. The molecule has 0 aromatic heterocycles. The van der Waals surface area contributed by atoms with E-state index in [1.165, 1.54) is 0 Å².